The summed E-state index contributed by atoms with van der Waals surface area (Å²) in [7, 11) is 0. The normalized spacial score (nSPS) is 18.8. The molecule has 1 saturated heterocycles. The number of nitrogens with zero attached hydrogens (tertiary/aromatic N) is 2. The van der Waals surface area contributed by atoms with Crippen LogP contribution in [-0.4, -0.2) is 46.8 Å². The lowest BCUT2D eigenvalue weighted by molar-refractivity contribution is -0.385. The molecule has 1 aromatic carbocycles. The summed E-state index contributed by atoms with van der Waals surface area (Å²) in [6, 6.07) is 6.35. The third-order valence-electron chi connectivity index (χ3n) is 4.21. The van der Waals surface area contributed by atoms with Crippen molar-refractivity contribution in [2.24, 2.45) is 5.92 Å². The van der Waals surface area contributed by atoms with Crippen LogP contribution >= 0.6 is 0 Å². The van der Waals surface area contributed by atoms with Crippen molar-refractivity contribution < 1.29 is 23.2 Å². The maximum Gasteiger partial charge on any atom is 0.414 e. The Morgan fingerprint density at radius 3 is 2.54 bits per heavy atom. The summed E-state index contributed by atoms with van der Waals surface area (Å²) in [4.78, 5) is 12.4. The number of nitro benzene ring substituents is 1. The molecule has 2 rings (SSSR count). The molecule has 0 aromatic heterocycles. The topological polar surface area (TPSA) is 66.6 Å². The number of hydrogen-bond acceptors (Lipinski definition) is 4. The second-order valence-electron chi connectivity index (χ2n) is 5.84. The van der Waals surface area contributed by atoms with E-state index in [9.17, 15) is 28.4 Å². The summed E-state index contributed by atoms with van der Waals surface area (Å²) in [5.41, 5.74) is 0.505. The van der Waals surface area contributed by atoms with E-state index in [1.54, 1.807) is 30.4 Å². The Morgan fingerprint density at radius 2 is 1.96 bits per heavy atom. The first-order valence-electron chi connectivity index (χ1n) is 7.66. The average molecular weight is 344 g/mol. The number of halogens is 3. The molecular weight excluding hydrogens is 325 g/mol. The van der Waals surface area contributed by atoms with Gasteiger partial charge in [-0.25, -0.2) is 0 Å². The second-order valence-corrected chi connectivity index (χ2v) is 5.84. The van der Waals surface area contributed by atoms with Crippen molar-refractivity contribution in [2.75, 3.05) is 19.6 Å². The van der Waals surface area contributed by atoms with Crippen molar-refractivity contribution in [2.45, 2.75) is 25.1 Å². The monoisotopic (exact) mass is 344 g/mol. The Labute approximate surface area is 137 Å². The largest absolute Gasteiger partial charge is 0.414 e. The van der Waals surface area contributed by atoms with Crippen LogP contribution in [0.3, 0.4) is 0 Å². The van der Waals surface area contributed by atoms with Crippen LogP contribution in [0.25, 0.3) is 6.08 Å². The fourth-order valence-corrected chi connectivity index (χ4v) is 2.84. The molecule has 0 bridgehead atoms. The van der Waals surface area contributed by atoms with E-state index in [0.29, 0.717) is 25.2 Å². The maximum absolute atomic E-state index is 12.5. The number of aliphatic hydroxyl groups excluding tert-OH is 1. The number of para-hydroxylation sites is 1. The van der Waals surface area contributed by atoms with Gasteiger partial charge in [0, 0.05) is 12.6 Å². The van der Waals surface area contributed by atoms with Gasteiger partial charge in [-0.15, -0.1) is 0 Å². The number of likely N-dealkylation sites (tertiary alicyclic amines) is 1. The fourth-order valence-electron chi connectivity index (χ4n) is 2.84. The van der Waals surface area contributed by atoms with E-state index < -0.39 is 23.1 Å². The van der Waals surface area contributed by atoms with Gasteiger partial charge in [-0.3, -0.25) is 15.0 Å². The fraction of sp³-hybridized carbons (Fsp3) is 0.500. The van der Waals surface area contributed by atoms with Crippen molar-refractivity contribution in [3.8, 4) is 0 Å². The van der Waals surface area contributed by atoms with Crippen LogP contribution in [0.15, 0.2) is 30.3 Å². The van der Waals surface area contributed by atoms with Crippen LogP contribution in [0, 0.1) is 16.0 Å². The number of hydrogen-bond donors (Lipinski definition) is 1. The van der Waals surface area contributed by atoms with Gasteiger partial charge >= 0.3 is 6.18 Å². The van der Waals surface area contributed by atoms with Gasteiger partial charge in [0.1, 0.15) is 0 Å². The van der Waals surface area contributed by atoms with E-state index >= 15 is 0 Å². The zero-order valence-electron chi connectivity index (χ0n) is 12.9. The van der Waals surface area contributed by atoms with Crippen LogP contribution in [0.1, 0.15) is 18.4 Å². The molecule has 1 fully saturated rings. The molecule has 1 aliphatic rings. The summed E-state index contributed by atoms with van der Waals surface area (Å²) in [6.07, 6.45) is -2.86. The van der Waals surface area contributed by atoms with Crippen molar-refractivity contribution in [3.63, 3.8) is 0 Å². The highest BCUT2D eigenvalue weighted by atomic mass is 19.4. The van der Waals surface area contributed by atoms with E-state index in [1.165, 1.54) is 6.07 Å². The molecule has 1 aromatic rings. The SMILES string of the molecule is O=[N+]([O-])c1ccccc1/C=C/CN1CCC(C(O)C(F)(F)F)CC1. The molecule has 1 aliphatic heterocycles. The number of rotatable bonds is 5. The predicted octanol–water partition coefficient (Wildman–Crippen LogP) is 3.24. The lowest BCUT2D eigenvalue weighted by Crippen LogP contribution is -2.43. The molecule has 0 spiro atoms. The van der Waals surface area contributed by atoms with Crippen LogP contribution in [0.4, 0.5) is 18.9 Å². The van der Waals surface area contributed by atoms with Gasteiger partial charge in [0.25, 0.3) is 5.69 Å². The Kier molecular flexibility index (Phi) is 5.95. The quantitative estimate of drug-likeness (QED) is 0.658. The summed E-state index contributed by atoms with van der Waals surface area (Å²) in [5, 5.41) is 20.2. The maximum atomic E-state index is 12.5. The van der Waals surface area contributed by atoms with Gasteiger partial charge in [0.2, 0.25) is 0 Å². The molecule has 1 heterocycles. The van der Waals surface area contributed by atoms with Crippen molar-refractivity contribution in [3.05, 3.63) is 46.0 Å². The van der Waals surface area contributed by atoms with E-state index in [1.807, 2.05) is 4.90 Å². The highest BCUT2D eigenvalue weighted by Crippen LogP contribution is 2.31. The highest BCUT2D eigenvalue weighted by Gasteiger charge is 2.43. The molecular formula is C16H19F3N2O3. The summed E-state index contributed by atoms with van der Waals surface area (Å²) >= 11 is 0. The summed E-state index contributed by atoms with van der Waals surface area (Å²) in [6.45, 7) is 1.42. The Balaban J connectivity index is 1.86. The molecule has 132 valence electrons. The predicted molar refractivity (Wildman–Crippen MR) is 83.4 cm³/mol. The molecule has 8 heteroatoms. The Hall–Kier alpha value is -1.93. The summed E-state index contributed by atoms with van der Waals surface area (Å²) in [5.74, 6) is -0.763. The number of aliphatic hydroxyl groups is 1. The third kappa shape index (κ3) is 4.78. The minimum absolute atomic E-state index is 0.0146. The molecule has 0 saturated carbocycles. The third-order valence-corrected chi connectivity index (χ3v) is 4.21. The van der Waals surface area contributed by atoms with Crippen LogP contribution in [-0.2, 0) is 0 Å². The van der Waals surface area contributed by atoms with E-state index in [0.717, 1.165) is 0 Å². The smallest absolute Gasteiger partial charge is 0.383 e. The zero-order chi connectivity index (χ0) is 17.7. The Bertz CT molecular complexity index is 596. The van der Waals surface area contributed by atoms with Gasteiger partial charge in [0.05, 0.1) is 10.5 Å². The lowest BCUT2D eigenvalue weighted by Gasteiger charge is -2.34. The number of piperidine rings is 1. The molecule has 24 heavy (non-hydrogen) atoms. The molecule has 1 atom stereocenters. The first-order valence-corrected chi connectivity index (χ1v) is 7.66. The van der Waals surface area contributed by atoms with Gasteiger partial charge in [-0.2, -0.15) is 13.2 Å². The van der Waals surface area contributed by atoms with Crippen molar-refractivity contribution in [1.82, 2.24) is 4.90 Å². The average Bonchev–Trinajstić information content (AvgIpc) is 2.54. The number of benzene rings is 1. The minimum Gasteiger partial charge on any atom is -0.383 e. The minimum atomic E-state index is -4.57. The van der Waals surface area contributed by atoms with Crippen LogP contribution in [0.5, 0.6) is 0 Å². The summed E-state index contributed by atoms with van der Waals surface area (Å²) < 4.78 is 37.5. The highest BCUT2D eigenvalue weighted by molar-refractivity contribution is 5.60. The second kappa shape index (κ2) is 7.76. The molecule has 0 amide bonds. The van der Waals surface area contributed by atoms with Crippen molar-refractivity contribution >= 4 is 11.8 Å². The number of nitro groups is 1. The first kappa shape index (κ1) is 18.4. The first-order chi connectivity index (χ1) is 11.3. The molecule has 5 nitrogen and oxygen atoms in total. The van der Waals surface area contributed by atoms with Gasteiger partial charge < -0.3 is 5.11 Å². The van der Waals surface area contributed by atoms with Gasteiger partial charge in [-0.1, -0.05) is 24.3 Å². The van der Waals surface area contributed by atoms with E-state index in [2.05, 4.69) is 0 Å². The van der Waals surface area contributed by atoms with Gasteiger partial charge in [0.15, 0.2) is 6.10 Å². The standard InChI is InChI=1S/C16H19F3N2O3/c17-16(18,19)15(22)13-7-10-20(11-8-13)9-3-5-12-4-1-2-6-14(12)21(23)24/h1-6,13,15,22H,7-11H2/b5-3+. The Morgan fingerprint density at radius 1 is 1.33 bits per heavy atom. The lowest BCUT2D eigenvalue weighted by atomic mass is 9.91. The molecule has 1 N–H and O–H groups in total. The van der Waals surface area contributed by atoms with Crippen molar-refractivity contribution in [1.29, 1.82) is 0 Å². The van der Waals surface area contributed by atoms with Crippen LogP contribution in [0.2, 0.25) is 0 Å². The molecule has 1 unspecified atom stereocenters. The zero-order valence-corrected chi connectivity index (χ0v) is 12.9. The van der Waals surface area contributed by atoms with Crippen LogP contribution < -0.4 is 0 Å². The van der Waals surface area contributed by atoms with Gasteiger partial charge in [-0.05, 0) is 37.9 Å². The molecule has 0 aliphatic carbocycles. The molecule has 0 radical (unpaired) electrons. The van der Waals surface area contributed by atoms with E-state index in [4.69, 9.17) is 0 Å². The number of alkyl halides is 3. The van der Waals surface area contributed by atoms with E-state index in [-0.39, 0.29) is 18.5 Å².